The summed E-state index contributed by atoms with van der Waals surface area (Å²) in [6.45, 7) is 5.82. The molecule has 100 valence electrons. The van der Waals surface area contributed by atoms with Crippen LogP contribution in [0.1, 0.15) is 26.3 Å². The number of aromatic hydroxyl groups is 2. The van der Waals surface area contributed by atoms with Crippen LogP contribution in [0.2, 0.25) is 0 Å². The van der Waals surface area contributed by atoms with E-state index in [4.69, 9.17) is 0 Å². The highest BCUT2D eigenvalue weighted by Crippen LogP contribution is 2.38. The molecule has 1 aromatic heterocycles. The number of benzene rings is 1. The third-order valence-corrected chi connectivity index (χ3v) is 3.04. The number of H-pyrrole nitrogens is 1. The van der Waals surface area contributed by atoms with E-state index in [0.29, 0.717) is 16.7 Å². The minimum Gasteiger partial charge on any atom is -0.508 e. The number of hydrogen-bond acceptors (Lipinski definition) is 3. The molecule has 0 fully saturated rings. The van der Waals surface area contributed by atoms with Gasteiger partial charge in [0.25, 0.3) is 0 Å². The van der Waals surface area contributed by atoms with Gasteiger partial charge in [-0.05, 0) is 17.5 Å². The van der Waals surface area contributed by atoms with Crippen molar-refractivity contribution in [2.45, 2.75) is 26.2 Å². The van der Waals surface area contributed by atoms with E-state index in [9.17, 15) is 15.0 Å². The van der Waals surface area contributed by atoms with Crippen molar-refractivity contribution in [3.8, 4) is 22.6 Å². The van der Waals surface area contributed by atoms with E-state index in [-0.39, 0.29) is 22.3 Å². The van der Waals surface area contributed by atoms with E-state index < -0.39 is 0 Å². The van der Waals surface area contributed by atoms with Gasteiger partial charge in [-0.15, -0.1) is 0 Å². The second-order valence-electron chi connectivity index (χ2n) is 5.56. The molecule has 1 heterocycles. The highest BCUT2D eigenvalue weighted by Gasteiger charge is 2.21. The number of nitrogens with one attached hydrogen (secondary N) is 1. The summed E-state index contributed by atoms with van der Waals surface area (Å²) in [4.78, 5) is 14.6. The highest BCUT2D eigenvalue weighted by molar-refractivity contribution is 5.72. The summed E-state index contributed by atoms with van der Waals surface area (Å²) in [7, 11) is 0. The average molecular weight is 259 g/mol. The van der Waals surface area contributed by atoms with Crippen LogP contribution in [-0.2, 0) is 5.41 Å². The lowest BCUT2D eigenvalue weighted by Gasteiger charge is -2.21. The Hall–Kier alpha value is -2.23. The zero-order chi connectivity index (χ0) is 14.2. The Labute approximate surface area is 111 Å². The Balaban J connectivity index is 2.66. The minimum absolute atomic E-state index is 0.0144. The van der Waals surface area contributed by atoms with Crippen molar-refractivity contribution < 1.29 is 10.2 Å². The van der Waals surface area contributed by atoms with Crippen molar-refractivity contribution in [3.63, 3.8) is 0 Å². The van der Waals surface area contributed by atoms with Crippen molar-refractivity contribution in [1.82, 2.24) is 4.98 Å². The first-order chi connectivity index (χ1) is 8.80. The van der Waals surface area contributed by atoms with E-state index in [0.717, 1.165) is 0 Å². The van der Waals surface area contributed by atoms with Crippen molar-refractivity contribution in [2.75, 3.05) is 0 Å². The molecule has 4 heteroatoms. The van der Waals surface area contributed by atoms with Gasteiger partial charge in [0.15, 0.2) is 5.43 Å². The Morgan fingerprint density at radius 3 is 2.32 bits per heavy atom. The summed E-state index contributed by atoms with van der Waals surface area (Å²) in [6.07, 6.45) is 3.03. The molecule has 0 saturated carbocycles. The third-order valence-electron chi connectivity index (χ3n) is 3.04. The third kappa shape index (κ3) is 2.47. The van der Waals surface area contributed by atoms with Crippen LogP contribution in [0.3, 0.4) is 0 Å². The molecule has 0 amide bonds. The van der Waals surface area contributed by atoms with Gasteiger partial charge < -0.3 is 15.2 Å². The number of hydrogen-bond donors (Lipinski definition) is 3. The van der Waals surface area contributed by atoms with E-state index in [1.165, 1.54) is 30.6 Å². The quantitative estimate of drug-likeness (QED) is 0.689. The van der Waals surface area contributed by atoms with E-state index in [1.54, 1.807) is 0 Å². The first-order valence-electron chi connectivity index (χ1n) is 6.04. The second kappa shape index (κ2) is 4.46. The van der Waals surface area contributed by atoms with Gasteiger partial charge in [0, 0.05) is 35.2 Å². The number of aromatic nitrogens is 1. The van der Waals surface area contributed by atoms with Crippen LogP contribution in [0.4, 0.5) is 0 Å². The molecule has 0 bridgehead atoms. The minimum atomic E-state index is -0.288. The number of phenolic OH excluding ortho intramolecular Hbond substituents is 2. The van der Waals surface area contributed by atoms with Gasteiger partial charge in [0.05, 0.1) is 0 Å². The summed E-state index contributed by atoms with van der Waals surface area (Å²) in [5.74, 6) is 0.0583. The summed E-state index contributed by atoms with van der Waals surface area (Å²) >= 11 is 0. The summed E-state index contributed by atoms with van der Waals surface area (Å²) in [6, 6.07) is 4.32. The van der Waals surface area contributed by atoms with Gasteiger partial charge in [-0.25, -0.2) is 0 Å². The molecule has 0 aliphatic carbocycles. The van der Waals surface area contributed by atoms with Crippen LogP contribution >= 0.6 is 0 Å². The zero-order valence-corrected chi connectivity index (χ0v) is 11.2. The van der Waals surface area contributed by atoms with Gasteiger partial charge in [-0.2, -0.15) is 0 Å². The van der Waals surface area contributed by atoms with Crippen LogP contribution in [0.15, 0.2) is 35.4 Å². The molecule has 0 atom stereocenters. The van der Waals surface area contributed by atoms with Crippen LogP contribution in [0.5, 0.6) is 11.5 Å². The molecule has 0 saturated heterocycles. The number of phenols is 2. The van der Waals surface area contributed by atoms with E-state index >= 15 is 0 Å². The lowest BCUT2D eigenvalue weighted by Crippen LogP contribution is -2.11. The van der Waals surface area contributed by atoms with Crippen molar-refractivity contribution in [1.29, 1.82) is 0 Å². The Bertz CT molecular complexity index is 666. The topological polar surface area (TPSA) is 73.3 Å². The molecule has 0 aliphatic heterocycles. The molecule has 0 aliphatic rings. The van der Waals surface area contributed by atoms with Crippen molar-refractivity contribution in [2.24, 2.45) is 0 Å². The van der Waals surface area contributed by atoms with Crippen molar-refractivity contribution in [3.05, 3.63) is 46.4 Å². The Kier molecular flexibility index (Phi) is 3.10. The lowest BCUT2D eigenvalue weighted by molar-refractivity contribution is 0.436. The lowest BCUT2D eigenvalue weighted by atomic mass is 9.85. The maximum Gasteiger partial charge on any atom is 0.189 e. The largest absolute Gasteiger partial charge is 0.508 e. The molecule has 1 aromatic carbocycles. The first kappa shape index (κ1) is 13.2. The van der Waals surface area contributed by atoms with Gasteiger partial charge >= 0.3 is 0 Å². The standard InChI is InChI=1S/C15H17NO3/c1-15(2,3)11-7-13(18)9(6-14(11)19)10-8-16-5-4-12(10)17/h4-8,18-19H,1-3H3,(H,16,17). The molecule has 19 heavy (non-hydrogen) atoms. The fourth-order valence-electron chi connectivity index (χ4n) is 2.02. The van der Waals surface area contributed by atoms with Gasteiger partial charge in [0.2, 0.25) is 0 Å². The molecule has 2 aromatic rings. The normalized spacial score (nSPS) is 11.5. The fourth-order valence-corrected chi connectivity index (χ4v) is 2.02. The maximum atomic E-state index is 11.8. The molecule has 0 spiro atoms. The molecule has 2 rings (SSSR count). The summed E-state index contributed by atoms with van der Waals surface area (Å²) in [5, 5.41) is 20.2. The SMILES string of the molecule is CC(C)(C)c1cc(O)c(-c2c[nH]ccc2=O)cc1O. The molecule has 0 unspecified atom stereocenters. The monoisotopic (exact) mass is 259 g/mol. The number of rotatable bonds is 1. The van der Waals surface area contributed by atoms with Crippen LogP contribution < -0.4 is 5.43 Å². The predicted octanol–water partition coefficient (Wildman–Crippen LogP) is 2.75. The molecule has 3 N–H and O–H groups in total. The van der Waals surface area contributed by atoms with Crippen molar-refractivity contribution >= 4 is 0 Å². The molecule has 4 nitrogen and oxygen atoms in total. The van der Waals surface area contributed by atoms with Gasteiger partial charge in [0.1, 0.15) is 11.5 Å². The van der Waals surface area contributed by atoms with Crippen LogP contribution in [0.25, 0.3) is 11.1 Å². The second-order valence-corrected chi connectivity index (χ2v) is 5.56. The Morgan fingerprint density at radius 2 is 1.74 bits per heavy atom. The molecule has 0 radical (unpaired) electrons. The van der Waals surface area contributed by atoms with Crippen LogP contribution in [0, 0.1) is 0 Å². The zero-order valence-electron chi connectivity index (χ0n) is 11.2. The molecular weight excluding hydrogens is 242 g/mol. The predicted molar refractivity (Wildman–Crippen MR) is 74.5 cm³/mol. The maximum absolute atomic E-state index is 11.8. The fraction of sp³-hybridized carbons (Fsp3) is 0.267. The Morgan fingerprint density at radius 1 is 1.05 bits per heavy atom. The van der Waals surface area contributed by atoms with E-state index in [2.05, 4.69) is 4.98 Å². The average Bonchev–Trinajstić information content (AvgIpc) is 2.31. The first-order valence-corrected chi connectivity index (χ1v) is 6.04. The number of pyridine rings is 1. The summed E-state index contributed by atoms with van der Waals surface area (Å²) in [5.41, 5.74) is 0.796. The smallest absolute Gasteiger partial charge is 0.189 e. The highest BCUT2D eigenvalue weighted by atomic mass is 16.3. The molecular formula is C15H17NO3. The number of aromatic amines is 1. The van der Waals surface area contributed by atoms with Gasteiger partial charge in [-0.1, -0.05) is 20.8 Å². The van der Waals surface area contributed by atoms with E-state index in [1.807, 2.05) is 20.8 Å². The summed E-state index contributed by atoms with van der Waals surface area (Å²) < 4.78 is 0. The van der Waals surface area contributed by atoms with Crippen LogP contribution in [-0.4, -0.2) is 15.2 Å². The van der Waals surface area contributed by atoms with Gasteiger partial charge in [-0.3, -0.25) is 4.79 Å².